The number of anilines is 1. The van der Waals surface area contributed by atoms with E-state index in [9.17, 15) is 4.79 Å². The monoisotopic (exact) mass is 379 g/mol. The van der Waals surface area contributed by atoms with Crippen molar-refractivity contribution in [2.75, 3.05) is 18.2 Å². The van der Waals surface area contributed by atoms with Gasteiger partial charge in [0.1, 0.15) is 5.75 Å². The average Bonchev–Trinajstić information content (AvgIpc) is 2.53. The Bertz CT molecular complexity index is 616. The summed E-state index contributed by atoms with van der Waals surface area (Å²) in [4.78, 5) is 13.0. The summed E-state index contributed by atoms with van der Waals surface area (Å²) in [5.41, 5.74) is 0.839. The van der Waals surface area contributed by atoms with Gasteiger partial charge in [-0.3, -0.25) is 4.79 Å². The van der Waals surface area contributed by atoms with Crippen LogP contribution in [0.25, 0.3) is 0 Å². The molecule has 0 aliphatic carbocycles. The van der Waals surface area contributed by atoms with Gasteiger partial charge in [0.05, 0.1) is 6.61 Å². The van der Waals surface area contributed by atoms with Gasteiger partial charge in [0, 0.05) is 21.5 Å². The van der Waals surface area contributed by atoms with Crippen molar-refractivity contribution in [3.63, 3.8) is 0 Å². The third kappa shape index (κ3) is 5.73. The number of carbonyl (C=O) groups excluding carboxylic acids is 1. The van der Waals surface area contributed by atoms with E-state index in [0.717, 1.165) is 20.8 Å². The second-order valence-corrected chi connectivity index (χ2v) is 6.48. The number of halogens is 1. The summed E-state index contributed by atoms with van der Waals surface area (Å²) in [6.07, 6.45) is 3.14. The minimum atomic E-state index is 0.0117. The van der Waals surface area contributed by atoms with Crippen molar-refractivity contribution in [2.24, 2.45) is 0 Å². The molecule has 0 saturated carbocycles. The third-order valence-electron chi connectivity index (χ3n) is 2.98. The Kier molecular flexibility index (Phi) is 6.80. The molecule has 0 aliphatic rings. The number of thioether (sulfide) groups is 1. The zero-order valence-electron chi connectivity index (χ0n) is 12.3. The van der Waals surface area contributed by atoms with Crippen molar-refractivity contribution < 1.29 is 9.53 Å². The van der Waals surface area contributed by atoms with Gasteiger partial charge in [-0.05, 0) is 55.1 Å². The van der Waals surface area contributed by atoms with Crippen molar-refractivity contribution in [3.05, 3.63) is 53.0 Å². The molecule has 116 valence electrons. The van der Waals surface area contributed by atoms with Gasteiger partial charge in [-0.1, -0.05) is 22.0 Å². The van der Waals surface area contributed by atoms with E-state index in [1.807, 2.05) is 54.8 Å². The molecule has 0 aliphatic heterocycles. The summed E-state index contributed by atoms with van der Waals surface area (Å²) in [6.45, 7) is 0.528. The smallest absolute Gasteiger partial charge is 0.224 e. The Morgan fingerprint density at radius 3 is 2.73 bits per heavy atom. The number of rotatable bonds is 7. The van der Waals surface area contributed by atoms with Gasteiger partial charge >= 0.3 is 0 Å². The standard InChI is InChI=1S/C17H18BrNO2S/c1-22-16-5-2-4-14(12-16)19-17(20)6-3-11-21-15-9-7-13(18)8-10-15/h2,4-5,7-10,12H,3,6,11H2,1H3,(H,19,20). The molecule has 0 atom stereocenters. The van der Waals surface area contributed by atoms with Crippen molar-refractivity contribution in [3.8, 4) is 5.75 Å². The maximum atomic E-state index is 11.9. The fourth-order valence-electron chi connectivity index (χ4n) is 1.88. The summed E-state index contributed by atoms with van der Waals surface area (Å²) in [7, 11) is 0. The van der Waals surface area contributed by atoms with Crippen molar-refractivity contribution in [1.29, 1.82) is 0 Å². The Morgan fingerprint density at radius 2 is 2.00 bits per heavy atom. The largest absolute Gasteiger partial charge is 0.494 e. The third-order valence-corrected chi connectivity index (χ3v) is 4.24. The minimum absolute atomic E-state index is 0.0117. The lowest BCUT2D eigenvalue weighted by atomic mass is 10.2. The number of carbonyl (C=O) groups is 1. The van der Waals surface area contributed by atoms with E-state index in [4.69, 9.17) is 4.74 Å². The predicted molar refractivity (Wildman–Crippen MR) is 95.7 cm³/mol. The molecule has 0 saturated heterocycles. The Labute approximate surface area is 143 Å². The summed E-state index contributed by atoms with van der Waals surface area (Å²) < 4.78 is 6.61. The lowest BCUT2D eigenvalue weighted by Gasteiger charge is -2.08. The lowest BCUT2D eigenvalue weighted by Crippen LogP contribution is -2.12. The van der Waals surface area contributed by atoms with Crippen LogP contribution in [0.2, 0.25) is 0 Å². The van der Waals surface area contributed by atoms with Crippen LogP contribution >= 0.6 is 27.7 Å². The molecule has 0 unspecified atom stereocenters. The van der Waals surface area contributed by atoms with Gasteiger partial charge in [0.25, 0.3) is 0 Å². The van der Waals surface area contributed by atoms with E-state index in [-0.39, 0.29) is 5.91 Å². The quantitative estimate of drug-likeness (QED) is 0.545. The SMILES string of the molecule is CSc1cccc(NC(=O)CCCOc2ccc(Br)cc2)c1. The lowest BCUT2D eigenvalue weighted by molar-refractivity contribution is -0.116. The van der Waals surface area contributed by atoms with Crippen LogP contribution < -0.4 is 10.1 Å². The first-order chi connectivity index (χ1) is 10.7. The normalized spacial score (nSPS) is 10.3. The first-order valence-electron chi connectivity index (χ1n) is 6.99. The summed E-state index contributed by atoms with van der Waals surface area (Å²) in [5, 5.41) is 2.91. The van der Waals surface area contributed by atoms with Gasteiger partial charge in [0.15, 0.2) is 0 Å². The number of benzene rings is 2. The Balaban J connectivity index is 1.70. The minimum Gasteiger partial charge on any atom is -0.494 e. The molecule has 1 N–H and O–H groups in total. The van der Waals surface area contributed by atoms with Crippen LogP contribution in [0.15, 0.2) is 57.9 Å². The molecule has 2 aromatic rings. The number of hydrogen-bond donors (Lipinski definition) is 1. The number of amides is 1. The molecule has 2 aromatic carbocycles. The second-order valence-electron chi connectivity index (χ2n) is 4.69. The van der Waals surface area contributed by atoms with Crippen LogP contribution in [0.5, 0.6) is 5.75 Å². The molecular formula is C17H18BrNO2S. The Morgan fingerprint density at radius 1 is 1.23 bits per heavy atom. The van der Waals surface area contributed by atoms with Crippen LogP contribution in [-0.2, 0) is 4.79 Å². The van der Waals surface area contributed by atoms with Crippen molar-refractivity contribution in [2.45, 2.75) is 17.7 Å². The topological polar surface area (TPSA) is 38.3 Å². The summed E-state index contributed by atoms with van der Waals surface area (Å²) in [5.74, 6) is 0.828. The van der Waals surface area contributed by atoms with Crippen LogP contribution in [-0.4, -0.2) is 18.8 Å². The van der Waals surface area contributed by atoms with E-state index < -0.39 is 0 Å². The highest BCUT2D eigenvalue weighted by Crippen LogP contribution is 2.19. The zero-order valence-corrected chi connectivity index (χ0v) is 14.7. The van der Waals surface area contributed by atoms with Crippen LogP contribution in [0.3, 0.4) is 0 Å². The van der Waals surface area contributed by atoms with E-state index in [2.05, 4.69) is 21.2 Å². The highest BCUT2D eigenvalue weighted by molar-refractivity contribution is 9.10. The fourth-order valence-corrected chi connectivity index (χ4v) is 2.60. The molecule has 0 heterocycles. The maximum Gasteiger partial charge on any atom is 0.224 e. The van der Waals surface area contributed by atoms with Crippen LogP contribution in [0.1, 0.15) is 12.8 Å². The molecule has 0 bridgehead atoms. The van der Waals surface area contributed by atoms with Gasteiger partial charge in [-0.15, -0.1) is 11.8 Å². The summed E-state index contributed by atoms with van der Waals surface area (Å²) >= 11 is 5.03. The molecule has 2 rings (SSSR count). The zero-order chi connectivity index (χ0) is 15.8. The molecule has 0 aromatic heterocycles. The molecule has 22 heavy (non-hydrogen) atoms. The molecule has 0 fully saturated rings. The fraction of sp³-hybridized carbons (Fsp3) is 0.235. The molecule has 1 amide bonds. The first-order valence-corrected chi connectivity index (χ1v) is 9.01. The maximum absolute atomic E-state index is 11.9. The number of ether oxygens (including phenoxy) is 1. The van der Waals surface area contributed by atoms with E-state index in [1.54, 1.807) is 11.8 Å². The average molecular weight is 380 g/mol. The van der Waals surface area contributed by atoms with E-state index >= 15 is 0 Å². The summed E-state index contributed by atoms with van der Waals surface area (Å²) in [6, 6.07) is 15.5. The molecule has 0 spiro atoms. The molecule has 3 nitrogen and oxygen atoms in total. The molecular weight excluding hydrogens is 362 g/mol. The van der Waals surface area contributed by atoms with Gasteiger partial charge in [0.2, 0.25) is 5.91 Å². The number of hydrogen-bond acceptors (Lipinski definition) is 3. The highest BCUT2D eigenvalue weighted by atomic mass is 79.9. The predicted octanol–water partition coefficient (Wildman–Crippen LogP) is 4.97. The van der Waals surface area contributed by atoms with Crippen LogP contribution in [0, 0.1) is 0 Å². The highest BCUT2D eigenvalue weighted by Gasteiger charge is 2.03. The molecule has 0 radical (unpaired) electrons. The van der Waals surface area contributed by atoms with Gasteiger partial charge < -0.3 is 10.1 Å². The van der Waals surface area contributed by atoms with Crippen LogP contribution in [0.4, 0.5) is 5.69 Å². The van der Waals surface area contributed by atoms with Crippen molar-refractivity contribution >= 4 is 39.3 Å². The van der Waals surface area contributed by atoms with Gasteiger partial charge in [-0.25, -0.2) is 0 Å². The Hall–Kier alpha value is -1.46. The van der Waals surface area contributed by atoms with E-state index in [1.165, 1.54) is 0 Å². The molecule has 5 heteroatoms. The van der Waals surface area contributed by atoms with Crippen molar-refractivity contribution in [1.82, 2.24) is 0 Å². The second kappa shape index (κ2) is 8.86. The van der Waals surface area contributed by atoms with E-state index in [0.29, 0.717) is 19.4 Å². The first kappa shape index (κ1) is 16.9. The number of nitrogens with one attached hydrogen (secondary N) is 1. The van der Waals surface area contributed by atoms with Gasteiger partial charge in [-0.2, -0.15) is 0 Å².